The van der Waals surface area contributed by atoms with Crippen molar-refractivity contribution in [3.8, 4) is 0 Å². The van der Waals surface area contributed by atoms with E-state index >= 15 is 0 Å². The molecule has 20 heavy (non-hydrogen) atoms. The second-order valence-electron chi connectivity index (χ2n) is 4.37. The Kier molecular flexibility index (Phi) is 5.04. The molecule has 0 fully saturated rings. The minimum absolute atomic E-state index is 0.402. The Morgan fingerprint density at radius 3 is 1.20 bits per heavy atom. The van der Waals surface area contributed by atoms with Crippen molar-refractivity contribution in [3.05, 3.63) is 70.8 Å². The minimum Gasteiger partial charge on any atom is -0.285 e. The number of carbonyl (C=O) groups is 2. The van der Waals surface area contributed by atoms with Gasteiger partial charge in [0.2, 0.25) is 11.6 Å². The van der Waals surface area contributed by atoms with Crippen LogP contribution in [0.3, 0.4) is 0 Å². The summed E-state index contributed by atoms with van der Waals surface area (Å²) in [4.78, 5) is 24.2. The standard InChI is InChI=1S/C16H14O2S2/c17-15(13-5-1-11(9-19)2-6-13)16(18)14-7-3-12(10-20)4-8-14/h1-8,19-20H,9-10H2. The first-order chi connectivity index (χ1) is 9.65. The van der Waals surface area contributed by atoms with Gasteiger partial charge in [-0.2, -0.15) is 25.3 Å². The fourth-order valence-electron chi connectivity index (χ4n) is 1.79. The van der Waals surface area contributed by atoms with Gasteiger partial charge in [-0.05, 0) is 11.1 Å². The van der Waals surface area contributed by atoms with Gasteiger partial charge in [-0.25, -0.2) is 0 Å². The van der Waals surface area contributed by atoms with E-state index in [-0.39, 0.29) is 0 Å². The van der Waals surface area contributed by atoms with Gasteiger partial charge < -0.3 is 0 Å². The van der Waals surface area contributed by atoms with E-state index in [4.69, 9.17) is 0 Å². The van der Waals surface area contributed by atoms with Gasteiger partial charge >= 0.3 is 0 Å². The number of benzene rings is 2. The van der Waals surface area contributed by atoms with E-state index < -0.39 is 11.6 Å². The van der Waals surface area contributed by atoms with Crippen LogP contribution in [0, 0.1) is 0 Å². The van der Waals surface area contributed by atoms with Crippen molar-refractivity contribution in [1.82, 2.24) is 0 Å². The zero-order valence-electron chi connectivity index (χ0n) is 10.7. The van der Waals surface area contributed by atoms with Crippen LogP contribution >= 0.6 is 25.3 Å². The quantitative estimate of drug-likeness (QED) is 0.502. The number of Topliss-reactive ketones (excluding diaryl/α,β-unsaturated/α-hetero) is 2. The fourth-order valence-corrected chi connectivity index (χ4v) is 2.21. The molecule has 2 rings (SSSR count). The topological polar surface area (TPSA) is 34.1 Å². The molecule has 0 unspecified atom stereocenters. The highest BCUT2D eigenvalue weighted by atomic mass is 32.1. The number of hydrogen-bond donors (Lipinski definition) is 2. The number of carbonyl (C=O) groups excluding carboxylic acids is 2. The molecule has 0 heterocycles. The van der Waals surface area contributed by atoms with Crippen molar-refractivity contribution in [2.45, 2.75) is 11.5 Å². The molecular weight excluding hydrogens is 288 g/mol. The van der Waals surface area contributed by atoms with Gasteiger partial charge in [0.05, 0.1) is 0 Å². The molecule has 0 radical (unpaired) electrons. The van der Waals surface area contributed by atoms with E-state index in [1.54, 1.807) is 48.5 Å². The van der Waals surface area contributed by atoms with Crippen molar-refractivity contribution >= 4 is 36.8 Å². The molecule has 0 aliphatic rings. The van der Waals surface area contributed by atoms with E-state index in [2.05, 4.69) is 25.3 Å². The predicted octanol–water partition coefficient (Wildman–Crippen LogP) is 3.61. The molecule has 0 saturated carbocycles. The van der Waals surface area contributed by atoms with Crippen LogP contribution in [0.1, 0.15) is 31.8 Å². The summed E-state index contributed by atoms with van der Waals surface area (Å²) >= 11 is 8.31. The summed E-state index contributed by atoms with van der Waals surface area (Å²) in [6.07, 6.45) is 0. The molecule has 0 bridgehead atoms. The minimum atomic E-state index is -0.491. The van der Waals surface area contributed by atoms with Crippen molar-refractivity contribution in [3.63, 3.8) is 0 Å². The van der Waals surface area contributed by atoms with E-state index in [9.17, 15) is 9.59 Å². The highest BCUT2D eigenvalue weighted by Gasteiger charge is 2.17. The summed E-state index contributed by atoms with van der Waals surface area (Å²) in [6, 6.07) is 13.9. The van der Waals surface area contributed by atoms with Crippen molar-refractivity contribution < 1.29 is 9.59 Å². The Balaban J connectivity index is 2.20. The molecule has 0 aliphatic carbocycles. The maximum atomic E-state index is 12.1. The van der Waals surface area contributed by atoms with Crippen LogP contribution < -0.4 is 0 Å². The normalized spacial score (nSPS) is 10.3. The monoisotopic (exact) mass is 302 g/mol. The predicted molar refractivity (Wildman–Crippen MR) is 86.9 cm³/mol. The third-order valence-electron chi connectivity index (χ3n) is 3.00. The van der Waals surface area contributed by atoms with Gasteiger partial charge in [0.15, 0.2) is 0 Å². The van der Waals surface area contributed by atoms with Crippen LogP contribution in [0.5, 0.6) is 0 Å². The molecule has 0 N–H and O–H groups in total. The summed E-state index contributed by atoms with van der Waals surface area (Å²) in [6.45, 7) is 0. The average molecular weight is 302 g/mol. The third kappa shape index (κ3) is 3.32. The zero-order chi connectivity index (χ0) is 14.5. The highest BCUT2D eigenvalue weighted by molar-refractivity contribution is 7.79. The van der Waals surface area contributed by atoms with Crippen molar-refractivity contribution in [2.24, 2.45) is 0 Å². The maximum Gasteiger partial charge on any atom is 0.233 e. The second kappa shape index (κ2) is 6.77. The van der Waals surface area contributed by atoms with Gasteiger partial charge in [0.1, 0.15) is 0 Å². The Morgan fingerprint density at radius 2 is 0.950 bits per heavy atom. The molecule has 2 aromatic carbocycles. The summed E-state index contributed by atoms with van der Waals surface area (Å²) in [5, 5.41) is 0. The lowest BCUT2D eigenvalue weighted by Gasteiger charge is -2.03. The first-order valence-electron chi connectivity index (χ1n) is 6.14. The fraction of sp³-hybridized carbons (Fsp3) is 0.125. The van der Waals surface area contributed by atoms with Crippen molar-refractivity contribution in [2.75, 3.05) is 0 Å². The lowest BCUT2D eigenvalue weighted by molar-refractivity contribution is 0.0817. The summed E-state index contributed by atoms with van der Waals surface area (Å²) in [5.41, 5.74) is 2.82. The molecule has 0 aromatic heterocycles. The van der Waals surface area contributed by atoms with Gasteiger partial charge in [-0.3, -0.25) is 9.59 Å². The Hall–Kier alpha value is -1.52. The first kappa shape index (κ1) is 14.9. The van der Waals surface area contributed by atoms with Gasteiger partial charge in [0, 0.05) is 22.6 Å². The molecule has 102 valence electrons. The molecule has 0 atom stereocenters. The lowest BCUT2D eigenvalue weighted by atomic mass is 10.00. The molecule has 0 amide bonds. The van der Waals surface area contributed by atoms with Gasteiger partial charge in [0.25, 0.3) is 0 Å². The van der Waals surface area contributed by atoms with Crippen LogP contribution in [0.25, 0.3) is 0 Å². The van der Waals surface area contributed by atoms with Gasteiger partial charge in [-0.15, -0.1) is 0 Å². The van der Waals surface area contributed by atoms with Crippen LogP contribution in [-0.2, 0) is 11.5 Å². The molecule has 2 aromatic rings. The highest BCUT2D eigenvalue weighted by Crippen LogP contribution is 2.12. The molecule has 0 aliphatic heterocycles. The van der Waals surface area contributed by atoms with E-state index in [1.807, 2.05) is 0 Å². The molecule has 0 spiro atoms. The maximum absolute atomic E-state index is 12.1. The number of thiol groups is 2. The summed E-state index contributed by atoms with van der Waals surface area (Å²) in [5.74, 6) is 0.227. The Labute approximate surface area is 129 Å². The van der Waals surface area contributed by atoms with Crippen molar-refractivity contribution in [1.29, 1.82) is 0 Å². The molecule has 0 saturated heterocycles. The van der Waals surface area contributed by atoms with E-state index in [0.29, 0.717) is 22.6 Å². The Bertz CT molecular complexity index is 558. The van der Waals surface area contributed by atoms with E-state index in [1.165, 1.54) is 0 Å². The van der Waals surface area contributed by atoms with Crippen LogP contribution in [0.2, 0.25) is 0 Å². The first-order valence-corrected chi connectivity index (χ1v) is 7.41. The largest absolute Gasteiger partial charge is 0.285 e. The number of ketones is 2. The van der Waals surface area contributed by atoms with Crippen LogP contribution in [0.15, 0.2) is 48.5 Å². The number of rotatable bonds is 5. The second-order valence-corrected chi connectivity index (χ2v) is 5.00. The molecule has 4 heteroatoms. The number of hydrogen-bond acceptors (Lipinski definition) is 4. The van der Waals surface area contributed by atoms with Crippen LogP contribution in [-0.4, -0.2) is 11.6 Å². The van der Waals surface area contributed by atoms with Crippen LogP contribution in [0.4, 0.5) is 0 Å². The summed E-state index contributed by atoms with van der Waals surface area (Å²) in [7, 11) is 0. The Morgan fingerprint density at radius 1 is 0.650 bits per heavy atom. The molecular formula is C16H14O2S2. The average Bonchev–Trinajstić information content (AvgIpc) is 2.53. The smallest absolute Gasteiger partial charge is 0.233 e. The van der Waals surface area contributed by atoms with Gasteiger partial charge in [-0.1, -0.05) is 48.5 Å². The molecule has 2 nitrogen and oxygen atoms in total. The lowest BCUT2D eigenvalue weighted by Crippen LogP contribution is -2.14. The zero-order valence-corrected chi connectivity index (χ0v) is 12.5. The third-order valence-corrected chi connectivity index (χ3v) is 3.73. The summed E-state index contributed by atoms with van der Waals surface area (Å²) < 4.78 is 0. The SMILES string of the molecule is O=C(C(=O)c1ccc(CS)cc1)c1ccc(CS)cc1. The van der Waals surface area contributed by atoms with E-state index in [0.717, 1.165) is 11.1 Å².